The van der Waals surface area contributed by atoms with Crippen molar-refractivity contribution < 1.29 is 13.5 Å². The molecule has 1 saturated heterocycles. The molecule has 14 heavy (non-hydrogen) atoms. The fourth-order valence-corrected chi connectivity index (χ4v) is 6.96. The molecule has 2 bridgehead atoms. The number of aliphatic hydroxyl groups excluding tert-OH is 1. The Bertz CT molecular complexity index is 402. The average molecular weight is 216 g/mol. The van der Waals surface area contributed by atoms with Gasteiger partial charge in [-0.05, 0) is 24.2 Å². The number of fused-ring (bicyclic) bond motifs is 1. The van der Waals surface area contributed by atoms with E-state index in [9.17, 15) is 13.5 Å². The van der Waals surface area contributed by atoms with Crippen LogP contribution in [0.5, 0.6) is 0 Å². The zero-order chi connectivity index (χ0) is 10.4. The Morgan fingerprint density at radius 2 is 2.07 bits per heavy atom. The second kappa shape index (κ2) is 2.05. The van der Waals surface area contributed by atoms with Gasteiger partial charge in [-0.15, -0.1) is 0 Å². The average Bonchev–Trinajstić information content (AvgIpc) is 2.43. The maximum Gasteiger partial charge on any atom is 0.154 e. The summed E-state index contributed by atoms with van der Waals surface area (Å²) in [5.41, 5.74) is -0.194. The van der Waals surface area contributed by atoms with E-state index in [0.29, 0.717) is 0 Å². The van der Waals surface area contributed by atoms with E-state index in [0.717, 1.165) is 12.8 Å². The molecule has 1 N–H and O–H groups in total. The van der Waals surface area contributed by atoms with Crippen LogP contribution in [0.1, 0.15) is 26.7 Å². The monoisotopic (exact) mass is 216 g/mol. The summed E-state index contributed by atoms with van der Waals surface area (Å²) < 4.78 is 23.1. The van der Waals surface area contributed by atoms with Crippen molar-refractivity contribution >= 4 is 9.84 Å². The lowest BCUT2D eigenvalue weighted by molar-refractivity contribution is -0.00304. The SMILES string of the molecule is CC1C(O)C23CC1(C)CC2S(=O)(=O)C3. The van der Waals surface area contributed by atoms with Crippen molar-refractivity contribution in [1.29, 1.82) is 0 Å². The van der Waals surface area contributed by atoms with Gasteiger partial charge in [-0.25, -0.2) is 8.42 Å². The van der Waals surface area contributed by atoms with Gasteiger partial charge in [0.25, 0.3) is 0 Å². The van der Waals surface area contributed by atoms with Crippen molar-refractivity contribution in [3.8, 4) is 0 Å². The zero-order valence-corrected chi connectivity index (χ0v) is 9.34. The van der Waals surface area contributed by atoms with Gasteiger partial charge in [0.2, 0.25) is 0 Å². The second-order valence-electron chi connectivity index (χ2n) is 5.80. The van der Waals surface area contributed by atoms with Crippen LogP contribution in [-0.2, 0) is 9.84 Å². The van der Waals surface area contributed by atoms with E-state index in [1.807, 2.05) is 0 Å². The largest absolute Gasteiger partial charge is 0.392 e. The molecule has 2 aliphatic carbocycles. The second-order valence-corrected chi connectivity index (χ2v) is 7.98. The Balaban J connectivity index is 2.10. The van der Waals surface area contributed by atoms with E-state index >= 15 is 0 Å². The first kappa shape index (κ1) is 9.16. The topological polar surface area (TPSA) is 54.4 Å². The number of hydrogen-bond donors (Lipinski definition) is 1. The lowest BCUT2D eigenvalue weighted by Gasteiger charge is -2.49. The van der Waals surface area contributed by atoms with Crippen LogP contribution in [0.25, 0.3) is 0 Å². The number of hydrogen-bond acceptors (Lipinski definition) is 3. The van der Waals surface area contributed by atoms with Gasteiger partial charge in [-0.2, -0.15) is 0 Å². The number of rotatable bonds is 0. The van der Waals surface area contributed by atoms with Crippen LogP contribution in [0.15, 0.2) is 0 Å². The minimum Gasteiger partial charge on any atom is -0.392 e. The third-order valence-corrected chi connectivity index (χ3v) is 7.53. The normalized spacial score (nSPS) is 63.5. The summed E-state index contributed by atoms with van der Waals surface area (Å²) in [6.45, 7) is 4.18. The quantitative estimate of drug-likeness (QED) is 0.644. The van der Waals surface area contributed by atoms with Crippen molar-refractivity contribution in [3.05, 3.63) is 0 Å². The van der Waals surface area contributed by atoms with Crippen molar-refractivity contribution in [3.63, 3.8) is 0 Å². The maximum absolute atomic E-state index is 11.6. The third-order valence-electron chi connectivity index (χ3n) is 5.09. The molecule has 0 radical (unpaired) electrons. The molecule has 0 aromatic carbocycles. The molecule has 3 rings (SSSR count). The Morgan fingerprint density at radius 3 is 2.57 bits per heavy atom. The minimum atomic E-state index is -2.85. The van der Waals surface area contributed by atoms with Gasteiger partial charge in [-0.3, -0.25) is 0 Å². The minimum absolute atomic E-state index is 0.0631. The standard InChI is InChI=1S/C10H16O3S/c1-6-8(11)10-4-9(6,2)3-7(10)14(12,13)5-10/h6-8,11H,3-5H2,1-2H3. The Labute approximate surface area is 84.4 Å². The summed E-state index contributed by atoms with van der Waals surface area (Å²) >= 11 is 0. The van der Waals surface area contributed by atoms with Crippen LogP contribution >= 0.6 is 0 Å². The van der Waals surface area contributed by atoms with Gasteiger partial charge < -0.3 is 5.11 Å². The maximum atomic E-state index is 11.6. The van der Waals surface area contributed by atoms with Crippen LogP contribution in [0, 0.1) is 16.7 Å². The highest BCUT2D eigenvalue weighted by Gasteiger charge is 2.75. The molecule has 1 spiro atoms. The molecule has 1 heterocycles. The Kier molecular flexibility index (Phi) is 1.34. The van der Waals surface area contributed by atoms with Crippen molar-refractivity contribution in [2.75, 3.05) is 5.75 Å². The molecule has 0 aromatic rings. The van der Waals surface area contributed by atoms with Crippen LogP contribution in [0.4, 0.5) is 0 Å². The first-order valence-electron chi connectivity index (χ1n) is 5.22. The first-order valence-corrected chi connectivity index (χ1v) is 6.93. The third kappa shape index (κ3) is 0.703. The summed E-state index contributed by atoms with van der Waals surface area (Å²) in [5, 5.41) is 9.87. The lowest BCUT2D eigenvalue weighted by atomic mass is 9.73. The summed E-state index contributed by atoms with van der Waals surface area (Å²) in [7, 11) is -2.85. The van der Waals surface area contributed by atoms with E-state index < -0.39 is 15.9 Å². The fraction of sp³-hybridized carbons (Fsp3) is 1.00. The van der Waals surface area contributed by atoms with E-state index in [4.69, 9.17) is 0 Å². The fourth-order valence-electron chi connectivity index (χ4n) is 4.18. The molecular formula is C10H16O3S. The molecular weight excluding hydrogens is 200 g/mol. The highest BCUT2D eigenvalue weighted by atomic mass is 32.2. The predicted molar refractivity (Wildman–Crippen MR) is 52.5 cm³/mol. The molecule has 5 unspecified atom stereocenters. The summed E-state index contributed by atoms with van der Waals surface area (Å²) in [5.74, 6) is 0.487. The highest BCUT2D eigenvalue weighted by molar-refractivity contribution is 7.93. The smallest absolute Gasteiger partial charge is 0.154 e. The molecule has 3 nitrogen and oxygen atoms in total. The summed E-state index contributed by atoms with van der Waals surface area (Å²) in [6, 6.07) is 0. The highest BCUT2D eigenvalue weighted by Crippen LogP contribution is 2.70. The van der Waals surface area contributed by atoms with Crippen molar-refractivity contribution in [2.45, 2.75) is 38.0 Å². The van der Waals surface area contributed by atoms with Crippen LogP contribution in [0.2, 0.25) is 0 Å². The molecule has 80 valence electrons. The first-order chi connectivity index (χ1) is 6.32. The Hall–Kier alpha value is -0.0900. The number of sulfone groups is 1. The van der Waals surface area contributed by atoms with Crippen LogP contribution in [0.3, 0.4) is 0 Å². The van der Waals surface area contributed by atoms with Gasteiger partial charge in [0.15, 0.2) is 9.84 Å². The molecule has 4 heteroatoms. The van der Waals surface area contributed by atoms with Crippen LogP contribution < -0.4 is 0 Å². The van der Waals surface area contributed by atoms with E-state index in [1.165, 1.54) is 0 Å². The predicted octanol–water partition coefficient (Wildman–Crippen LogP) is 0.581. The molecule has 0 aromatic heterocycles. The summed E-state index contributed by atoms with van der Waals surface area (Å²) in [4.78, 5) is 0. The lowest BCUT2D eigenvalue weighted by Crippen LogP contribution is -2.61. The molecule has 2 saturated carbocycles. The zero-order valence-electron chi connectivity index (χ0n) is 8.53. The van der Waals surface area contributed by atoms with Crippen LogP contribution in [-0.4, -0.2) is 30.6 Å². The molecule has 0 amide bonds. The van der Waals surface area contributed by atoms with Gasteiger partial charge in [0.1, 0.15) is 0 Å². The van der Waals surface area contributed by atoms with Gasteiger partial charge in [0.05, 0.1) is 17.1 Å². The van der Waals surface area contributed by atoms with Gasteiger partial charge in [0, 0.05) is 5.41 Å². The van der Waals surface area contributed by atoms with Gasteiger partial charge >= 0.3 is 0 Å². The van der Waals surface area contributed by atoms with E-state index in [1.54, 1.807) is 0 Å². The van der Waals surface area contributed by atoms with Crippen molar-refractivity contribution in [1.82, 2.24) is 0 Å². The van der Waals surface area contributed by atoms with Gasteiger partial charge in [-0.1, -0.05) is 13.8 Å². The molecule has 1 aliphatic heterocycles. The van der Waals surface area contributed by atoms with E-state index in [2.05, 4.69) is 13.8 Å². The Morgan fingerprint density at radius 1 is 1.43 bits per heavy atom. The number of aliphatic hydroxyl groups is 1. The van der Waals surface area contributed by atoms with Crippen molar-refractivity contribution in [2.24, 2.45) is 16.7 Å². The molecule has 3 fully saturated rings. The molecule has 3 aliphatic rings. The molecule has 5 atom stereocenters. The summed E-state index contributed by atoms with van der Waals surface area (Å²) in [6.07, 6.45) is 1.29. The van der Waals surface area contributed by atoms with E-state index in [-0.39, 0.29) is 27.8 Å².